The Balaban J connectivity index is 2.43. The molecular weight excluding hydrogens is 530 g/mol. The molecule has 0 spiro atoms. The first-order chi connectivity index (χ1) is 15.3. The zero-order chi connectivity index (χ0) is 24.9. The number of rotatable bonds is 9. The van der Waals surface area contributed by atoms with E-state index in [0.29, 0.717) is 16.3 Å². The van der Waals surface area contributed by atoms with Crippen LogP contribution in [0.25, 0.3) is 0 Å². The first-order valence-electron chi connectivity index (χ1n) is 10.4. The van der Waals surface area contributed by atoms with E-state index >= 15 is 0 Å². The number of hydrogen-bond donors (Lipinski definition) is 1. The quantitative estimate of drug-likeness (QED) is 0.502. The summed E-state index contributed by atoms with van der Waals surface area (Å²) in [5.74, 6) is -0.825. The van der Waals surface area contributed by atoms with Crippen LogP contribution in [0.4, 0.5) is 5.69 Å². The fourth-order valence-electron chi connectivity index (χ4n) is 3.24. The summed E-state index contributed by atoms with van der Waals surface area (Å²) in [5.41, 5.74) is 1.67. The third-order valence-electron chi connectivity index (χ3n) is 5.05. The van der Waals surface area contributed by atoms with E-state index in [0.717, 1.165) is 20.6 Å². The molecule has 0 aliphatic heterocycles. The van der Waals surface area contributed by atoms with Crippen LogP contribution in [0, 0.1) is 6.92 Å². The lowest BCUT2D eigenvalue weighted by Gasteiger charge is -2.32. The molecule has 2 amide bonds. The second kappa shape index (κ2) is 11.4. The van der Waals surface area contributed by atoms with Gasteiger partial charge in [0.15, 0.2) is 0 Å². The molecule has 10 heteroatoms. The van der Waals surface area contributed by atoms with E-state index in [4.69, 9.17) is 11.6 Å². The van der Waals surface area contributed by atoms with Gasteiger partial charge in [0.05, 0.1) is 11.9 Å². The molecule has 7 nitrogen and oxygen atoms in total. The first-order valence-corrected chi connectivity index (χ1v) is 13.4. The van der Waals surface area contributed by atoms with E-state index in [2.05, 4.69) is 21.2 Å². The summed E-state index contributed by atoms with van der Waals surface area (Å²) in [6.45, 7) is 6.67. The van der Waals surface area contributed by atoms with Gasteiger partial charge < -0.3 is 10.2 Å². The maximum absolute atomic E-state index is 13.5. The van der Waals surface area contributed by atoms with Gasteiger partial charge in [0.2, 0.25) is 21.8 Å². The molecule has 2 aromatic carbocycles. The van der Waals surface area contributed by atoms with Gasteiger partial charge in [-0.05, 0) is 63.1 Å². The average Bonchev–Trinajstić information content (AvgIpc) is 2.72. The van der Waals surface area contributed by atoms with Crippen molar-refractivity contribution in [3.05, 3.63) is 63.1 Å². The number of nitrogens with one attached hydrogen (secondary N) is 1. The number of carbonyl (C=O) groups is 2. The van der Waals surface area contributed by atoms with Crippen LogP contribution in [0.15, 0.2) is 46.9 Å². The third-order valence-corrected chi connectivity index (χ3v) is 7.12. The van der Waals surface area contributed by atoms with E-state index in [1.807, 2.05) is 38.1 Å². The van der Waals surface area contributed by atoms with Gasteiger partial charge >= 0.3 is 0 Å². The predicted octanol–water partition coefficient (Wildman–Crippen LogP) is 4.12. The highest BCUT2D eigenvalue weighted by Gasteiger charge is 2.31. The lowest BCUT2D eigenvalue weighted by molar-refractivity contribution is -0.139. The summed E-state index contributed by atoms with van der Waals surface area (Å²) < 4.78 is 27.2. The van der Waals surface area contributed by atoms with Crippen LogP contribution in [0.2, 0.25) is 5.02 Å². The molecule has 1 atom stereocenters. The molecule has 33 heavy (non-hydrogen) atoms. The number of carbonyl (C=O) groups excluding carboxylic acids is 2. The monoisotopic (exact) mass is 557 g/mol. The smallest absolute Gasteiger partial charge is 0.244 e. The van der Waals surface area contributed by atoms with Gasteiger partial charge in [0, 0.05) is 22.1 Å². The second-order valence-electron chi connectivity index (χ2n) is 8.14. The SMILES string of the molecule is Cc1c(Cl)cccc1N(CC(=O)N(Cc1ccc(Br)cc1)C(C)C(=O)NC(C)C)S(C)(=O)=O. The van der Waals surface area contributed by atoms with Crippen LogP contribution in [-0.2, 0) is 26.2 Å². The van der Waals surface area contributed by atoms with Gasteiger partial charge in [-0.25, -0.2) is 8.42 Å². The van der Waals surface area contributed by atoms with Crippen molar-refractivity contribution >= 4 is 55.1 Å². The standard InChI is InChI=1S/C23H29BrClN3O4S/c1-15(2)26-23(30)17(4)27(13-18-9-11-19(24)12-10-18)22(29)14-28(33(5,31)32)21-8-6-7-20(25)16(21)3/h6-12,15,17H,13-14H2,1-5H3,(H,26,30). The molecule has 180 valence electrons. The summed E-state index contributed by atoms with van der Waals surface area (Å²) in [5, 5.41) is 3.21. The lowest BCUT2D eigenvalue weighted by atomic mass is 10.1. The summed E-state index contributed by atoms with van der Waals surface area (Å²) >= 11 is 9.58. The Morgan fingerprint density at radius 3 is 2.24 bits per heavy atom. The molecule has 0 radical (unpaired) electrons. The first kappa shape index (κ1) is 27.1. The highest BCUT2D eigenvalue weighted by atomic mass is 79.9. The Morgan fingerprint density at radius 1 is 1.09 bits per heavy atom. The Hall–Kier alpha value is -2.10. The second-order valence-corrected chi connectivity index (χ2v) is 11.4. The minimum Gasteiger partial charge on any atom is -0.352 e. The van der Waals surface area contributed by atoms with Crippen molar-refractivity contribution in [2.45, 2.75) is 46.3 Å². The average molecular weight is 559 g/mol. The van der Waals surface area contributed by atoms with Crippen molar-refractivity contribution in [3.63, 3.8) is 0 Å². The Kier molecular flexibility index (Phi) is 9.34. The van der Waals surface area contributed by atoms with Crippen molar-refractivity contribution in [1.29, 1.82) is 0 Å². The van der Waals surface area contributed by atoms with Crippen LogP contribution < -0.4 is 9.62 Å². The number of anilines is 1. The number of nitrogens with zero attached hydrogens (tertiary/aromatic N) is 2. The van der Waals surface area contributed by atoms with Crippen LogP contribution in [0.3, 0.4) is 0 Å². The minimum absolute atomic E-state index is 0.105. The van der Waals surface area contributed by atoms with Gasteiger partial charge in [0.25, 0.3) is 0 Å². The Labute approximate surface area is 209 Å². The minimum atomic E-state index is -3.81. The summed E-state index contributed by atoms with van der Waals surface area (Å²) in [4.78, 5) is 27.6. The van der Waals surface area contributed by atoms with Crippen LogP contribution in [-0.4, -0.2) is 50.0 Å². The fourth-order valence-corrected chi connectivity index (χ4v) is 4.57. The van der Waals surface area contributed by atoms with E-state index < -0.39 is 28.5 Å². The molecule has 0 aliphatic carbocycles. The molecule has 2 aromatic rings. The van der Waals surface area contributed by atoms with Gasteiger partial charge in [-0.1, -0.05) is 45.7 Å². The normalized spacial score (nSPS) is 12.4. The molecule has 1 unspecified atom stereocenters. The molecule has 0 heterocycles. The van der Waals surface area contributed by atoms with Gasteiger partial charge in [-0.3, -0.25) is 13.9 Å². The number of sulfonamides is 1. The van der Waals surface area contributed by atoms with Gasteiger partial charge in [-0.2, -0.15) is 0 Å². The summed E-state index contributed by atoms with van der Waals surface area (Å²) in [6.07, 6.45) is 1.04. The zero-order valence-electron chi connectivity index (χ0n) is 19.3. The van der Waals surface area contributed by atoms with Crippen LogP contribution in [0.1, 0.15) is 31.9 Å². The van der Waals surface area contributed by atoms with Crippen LogP contribution >= 0.6 is 27.5 Å². The molecule has 0 saturated heterocycles. The van der Waals surface area contributed by atoms with E-state index in [1.165, 1.54) is 4.90 Å². The van der Waals surface area contributed by atoms with Gasteiger partial charge in [-0.15, -0.1) is 0 Å². The number of halogens is 2. The highest BCUT2D eigenvalue weighted by molar-refractivity contribution is 9.10. The largest absolute Gasteiger partial charge is 0.352 e. The molecular formula is C23H29BrClN3O4S. The summed E-state index contributed by atoms with van der Waals surface area (Å²) in [7, 11) is -3.81. The maximum atomic E-state index is 13.5. The predicted molar refractivity (Wildman–Crippen MR) is 136 cm³/mol. The van der Waals surface area contributed by atoms with Gasteiger partial charge in [0.1, 0.15) is 12.6 Å². The van der Waals surface area contributed by atoms with Crippen molar-refractivity contribution in [2.24, 2.45) is 0 Å². The summed E-state index contributed by atoms with van der Waals surface area (Å²) in [6, 6.07) is 11.3. The van der Waals surface area contributed by atoms with E-state index in [1.54, 1.807) is 32.0 Å². The van der Waals surface area contributed by atoms with E-state index in [-0.39, 0.29) is 18.5 Å². The topological polar surface area (TPSA) is 86.8 Å². The van der Waals surface area contributed by atoms with Crippen molar-refractivity contribution in [3.8, 4) is 0 Å². The van der Waals surface area contributed by atoms with E-state index in [9.17, 15) is 18.0 Å². The molecule has 0 fully saturated rings. The molecule has 1 N–H and O–H groups in total. The molecule has 0 saturated carbocycles. The number of benzene rings is 2. The Morgan fingerprint density at radius 2 is 1.70 bits per heavy atom. The maximum Gasteiger partial charge on any atom is 0.244 e. The highest BCUT2D eigenvalue weighted by Crippen LogP contribution is 2.28. The fraction of sp³-hybridized carbons (Fsp3) is 0.391. The number of hydrogen-bond acceptors (Lipinski definition) is 4. The van der Waals surface area contributed by atoms with Crippen molar-refractivity contribution < 1.29 is 18.0 Å². The van der Waals surface area contributed by atoms with Crippen molar-refractivity contribution in [1.82, 2.24) is 10.2 Å². The Bertz CT molecular complexity index is 1110. The lowest BCUT2D eigenvalue weighted by Crippen LogP contribution is -2.52. The molecule has 2 rings (SSSR count). The molecule has 0 aromatic heterocycles. The number of amides is 2. The molecule has 0 aliphatic rings. The van der Waals surface area contributed by atoms with Crippen molar-refractivity contribution in [2.75, 3.05) is 17.1 Å². The third kappa shape index (κ3) is 7.45. The zero-order valence-corrected chi connectivity index (χ0v) is 22.5. The van der Waals surface area contributed by atoms with Crippen LogP contribution in [0.5, 0.6) is 0 Å². The molecule has 0 bridgehead atoms.